The molecule has 0 radical (unpaired) electrons. The Labute approximate surface area is 148 Å². The van der Waals surface area contributed by atoms with Crippen LogP contribution in [0.4, 0.5) is 4.39 Å². The largest absolute Gasteiger partial charge is 0.507 e. The molecule has 1 fully saturated rings. The highest BCUT2D eigenvalue weighted by molar-refractivity contribution is 6.46. The topological polar surface area (TPSA) is 84.9 Å². The number of aliphatic hydroxyl groups is 1. The molecule has 2 N–H and O–H groups in total. The summed E-state index contributed by atoms with van der Waals surface area (Å²) in [6, 6.07) is 9.11. The van der Waals surface area contributed by atoms with Gasteiger partial charge in [-0.3, -0.25) is 9.59 Å². The van der Waals surface area contributed by atoms with E-state index < -0.39 is 23.5 Å². The lowest BCUT2D eigenvalue weighted by atomic mass is 9.95. The van der Waals surface area contributed by atoms with Crippen molar-refractivity contribution in [3.63, 3.8) is 0 Å². The molecule has 26 heavy (non-hydrogen) atoms. The number of carbonyl (C=O) groups is 2. The van der Waals surface area contributed by atoms with Gasteiger partial charge in [-0.1, -0.05) is 12.1 Å². The van der Waals surface area contributed by atoms with Gasteiger partial charge in [0, 0.05) is 5.56 Å². The molecule has 1 atom stereocenters. The van der Waals surface area contributed by atoms with E-state index in [4.69, 9.17) is 9.47 Å². The second-order valence-corrected chi connectivity index (χ2v) is 5.62. The highest BCUT2D eigenvalue weighted by Gasteiger charge is 2.39. The Balaban J connectivity index is 2.13. The molecule has 6 nitrogen and oxygen atoms in total. The van der Waals surface area contributed by atoms with Crippen molar-refractivity contribution >= 4 is 17.4 Å². The molecule has 0 spiro atoms. The molecule has 2 aromatic rings. The summed E-state index contributed by atoms with van der Waals surface area (Å²) in [5, 5.41) is 13.1. The van der Waals surface area contributed by atoms with Crippen LogP contribution in [0.15, 0.2) is 48.0 Å². The summed E-state index contributed by atoms with van der Waals surface area (Å²) in [7, 11) is 2.91. The van der Waals surface area contributed by atoms with Crippen LogP contribution in [-0.2, 0) is 9.59 Å². The van der Waals surface area contributed by atoms with Gasteiger partial charge in [0.2, 0.25) is 0 Å². The van der Waals surface area contributed by atoms with Crippen molar-refractivity contribution in [1.29, 1.82) is 0 Å². The molecule has 1 aliphatic heterocycles. The molecule has 1 amide bonds. The SMILES string of the molecule is COc1ccc(C(O)=C2C(=O)C(=O)N[C@@H]2c2cccc(F)c2)cc1OC. The molecule has 7 heteroatoms. The van der Waals surface area contributed by atoms with Gasteiger partial charge in [-0.2, -0.15) is 0 Å². The van der Waals surface area contributed by atoms with Crippen LogP contribution in [0, 0.1) is 5.82 Å². The summed E-state index contributed by atoms with van der Waals surface area (Å²) in [6.07, 6.45) is 0. The minimum Gasteiger partial charge on any atom is -0.507 e. The summed E-state index contributed by atoms with van der Waals surface area (Å²) in [5.41, 5.74) is 0.475. The molecule has 0 aromatic heterocycles. The van der Waals surface area contributed by atoms with Crippen LogP contribution in [-0.4, -0.2) is 31.0 Å². The Bertz CT molecular complexity index is 922. The number of rotatable bonds is 4. The number of Topliss-reactive ketones (excluding diaryl/α,β-unsaturated/α-hetero) is 1. The molecule has 0 unspecified atom stereocenters. The number of amides is 1. The molecule has 0 saturated carbocycles. The Morgan fingerprint density at radius 2 is 1.81 bits per heavy atom. The highest BCUT2D eigenvalue weighted by Crippen LogP contribution is 2.36. The van der Waals surface area contributed by atoms with Crippen LogP contribution in [0.1, 0.15) is 17.2 Å². The predicted octanol–water partition coefficient (Wildman–Crippen LogP) is 2.55. The van der Waals surface area contributed by atoms with Crippen LogP contribution >= 0.6 is 0 Å². The maximum atomic E-state index is 13.5. The summed E-state index contributed by atoms with van der Waals surface area (Å²) < 4.78 is 23.9. The number of halogens is 1. The lowest BCUT2D eigenvalue weighted by molar-refractivity contribution is -0.133. The third kappa shape index (κ3) is 2.99. The van der Waals surface area contributed by atoms with Crippen LogP contribution in [0.2, 0.25) is 0 Å². The van der Waals surface area contributed by atoms with Crippen molar-refractivity contribution in [3.8, 4) is 11.5 Å². The third-order valence-electron chi connectivity index (χ3n) is 4.11. The Hall–Kier alpha value is -3.35. The number of hydrogen-bond acceptors (Lipinski definition) is 5. The number of nitrogens with one attached hydrogen (secondary N) is 1. The first-order chi connectivity index (χ1) is 12.5. The van der Waals surface area contributed by atoms with Gasteiger partial charge in [-0.25, -0.2) is 4.39 Å². The van der Waals surface area contributed by atoms with Gasteiger partial charge in [0.15, 0.2) is 11.5 Å². The number of benzene rings is 2. The molecule has 3 rings (SSSR count). The molecule has 134 valence electrons. The fourth-order valence-electron chi connectivity index (χ4n) is 2.84. The van der Waals surface area contributed by atoms with E-state index in [-0.39, 0.29) is 16.9 Å². The average Bonchev–Trinajstić information content (AvgIpc) is 2.95. The van der Waals surface area contributed by atoms with Crippen molar-refractivity contribution in [2.45, 2.75) is 6.04 Å². The first-order valence-electron chi connectivity index (χ1n) is 7.72. The number of ketones is 1. The van der Waals surface area contributed by atoms with E-state index in [2.05, 4.69) is 5.32 Å². The highest BCUT2D eigenvalue weighted by atomic mass is 19.1. The van der Waals surface area contributed by atoms with Gasteiger partial charge in [0.05, 0.1) is 25.8 Å². The molecule has 1 saturated heterocycles. The summed E-state index contributed by atoms with van der Waals surface area (Å²) in [5.74, 6) is -1.83. The fraction of sp³-hybridized carbons (Fsp3) is 0.158. The van der Waals surface area contributed by atoms with Crippen molar-refractivity contribution < 1.29 is 28.6 Å². The van der Waals surface area contributed by atoms with Gasteiger partial charge in [0.1, 0.15) is 11.6 Å². The minimum atomic E-state index is -0.946. The Kier molecular flexibility index (Phi) is 4.62. The van der Waals surface area contributed by atoms with Crippen molar-refractivity contribution in [2.75, 3.05) is 14.2 Å². The number of methoxy groups -OCH3 is 2. The second kappa shape index (κ2) is 6.87. The zero-order chi connectivity index (χ0) is 18.8. The van der Waals surface area contributed by atoms with Crippen LogP contribution in [0.25, 0.3) is 5.76 Å². The number of carbonyl (C=O) groups excluding carboxylic acids is 2. The first-order valence-corrected chi connectivity index (χ1v) is 7.72. The number of aliphatic hydroxyl groups excluding tert-OH is 1. The third-order valence-corrected chi connectivity index (χ3v) is 4.11. The van der Waals surface area contributed by atoms with Crippen LogP contribution < -0.4 is 14.8 Å². The first kappa shape index (κ1) is 17.5. The number of ether oxygens (including phenoxy) is 2. The molecule has 1 heterocycles. The van der Waals surface area contributed by atoms with Crippen molar-refractivity contribution in [3.05, 3.63) is 65.0 Å². The molecular weight excluding hydrogens is 341 g/mol. The second-order valence-electron chi connectivity index (χ2n) is 5.62. The van der Waals surface area contributed by atoms with Crippen molar-refractivity contribution in [1.82, 2.24) is 5.32 Å². The minimum absolute atomic E-state index is 0.146. The van der Waals surface area contributed by atoms with Gasteiger partial charge in [0.25, 0.3) is 11.7 Å². The lowest BCUT2D eigenvalue weighted by Gasteiger charge is -2.15. The van der Waals surface area contributed by atoms with Crippen molar-refractivity contribution in [2.24, 2.45) is 0 Å². The predicted molar refractivity (Wildman–Crippen MR) is 91.4 cm³/mol. The van der Waals surface area contributed by atoms with Crippen LogP contribution in [0.5, 0.6) is 11.5 Å². The zero-order valence-electron chi connectivity index (χ0n) is 14.1. The van der Waals surface area contributed by atoms with E-state index in [0.29, 0.717) is 17.1 Å². The number of hydrogen-bond donors (Lipinski definition) is 2. The standard InChI is InChI=1S/C19H16FNO5/c1-25-13-7-6-11(9-14(13)26-2)17(22)15-16(21-19(24)18(15)23)10-4-3-5-12(20)8-10/h3-9,16,22H,1-2H3,(H,21,24)/t16-/m1/s1. The molecule has 0 aliphatic carbocycles. The molecule has 1 aliphatic rings. The monoisotopic (exact) mass is 357 g/mol. The molecule has 0 bridgehead atoms. The normalized spacial score (nSPS) is 18.5. The Morgan fingerprint density at radius 1 is 1.08 bits per heavy atom. The van der Waals surface area contributed by atoms with Gasteiger partial charge in [-0.15, -0.1) is 0 Å². The Morgan fingerprint density at radius 3 is 2.46 bits per heavy atom. The zero-order valence-corrected chi connectivity index (χ0v) is 14.1. The maximum absolute atomic E-state index is 13.5. The summed E-state index contributed by atoms with van der Waals surface area (Å²) >= 11 is 0. The van der Waals surface area contributed by atoms with Gasteiger partial charge < -0.3 is 19.9 Å². The van der Waals surface area contributed by atoms with E-state index in [0.717, 1.165) is 0 Å². The lowest BCUT2D eigenvalue weighted by Crippen LogP contribution is -2.21. The van der Waals surface area contributed by atoms with Crippen LogP contribution in [0.3, 0.4) is 0 Å². The van der Waals surface area contributed by atoms with E-state index in [9.17, 15) is 19.1 Å². The fourth-order valence-corrected chi connectivity index (χ4v) is 2.84. The molecular formula is C19H16FNO5. The van der Waals surface area contributed by atoms with Gasteiger partial charge >= 0.3 is 0 Å². The molecule has 2 aromatic carbocycles. The summed E-state index contributed by atoms with van der Waals surface area (Å²) in [4.78, 5) is 24.2. The van der Waals surface area contributed by atoms with Gasteiger partial charge in [-0.05, 0) is 35.9 Å². The maximum Gasteiger partial charge on any atom is 0.293 e. The smallest absolute Gasteiger partial charge is 0.293 e. The summed E-state index contributed by atoms with van der Waals surface area (Å²) in [6.45, 7) is 0. The quantitative estimate of drug-likeness (QED) is 0.499. The van der Waals surface area contributed by atoms with E-state index >= 15 is 0 Å². The van der Waals surface area contributed by atoms with E-state index in [1.54, 1.807) is 12.1 Å². The average molecular weight is 357 g/mol. The van der Waals surface area contributed by atoms with E-state index in [1.807, 2.05) is 0 Å². The van der Waals surface area contributed by atoms with E-state index in [1.165, 1.54) is 44.6 Å².